The molecule has 0 saturated carbocycles. The molecule has 80 valence electrons. The molecule has 3 nitrogen and oxygen atoms in total. The van der Waals surface area contributed by atoms with Gasteiger partial charge in [0.1, 0.15) is 0 Å². The first kappa shape index (κ1) is 11.2. The van der Waals surface area contributed by atoms with Gasteiger partial charge in [-0.2, -0.15) is 0 Å². The molecule has 0 aliphatic carbocycles. The van der Waals surface area contributed by atoms with Crippen molar-refractivity contribution < 1.29 is 18.7 Å². The Morgan fingerprint density at radius 3 is 2.57 bits per heavy atom. The summed E-state index contributed by atoms with van der Waals surface area (Å²) >= 11 is 0. The van der Waals surface area contributed by atoms with E-state index < -0.39 is 17.2 Å². The van der Waals surface area contributed by atoms with E-state index in [4.69, 9.17) is 4.74 Å². The Morgan fingerprint density at radius 1 is 1.57 bits per heavy atom. The SMILES string of the molecule is C=C(F)C1(CC(=O)OC)CCOCC1. The van der Waals surface area contributed by atoms with Crippen LogP contribution in [0.5, 0.6) is 0 Å². The van der Waals surface area contributed by atoms with Crippen molar-refractivity contribution in [3.05, 3.63) is 12.4 Å². The van der Waals surface area contributed by atoms with Gasteiger partial charge in [-0.3, -0.25) is 4.79 Å². The second-order valence-corrected chi connectivity index (χ2v) is 3.55. The highest BCUT2D eigenvalue weighted by atomic mass is 19.1. The Bertz CT molecular complexity index is 232. The molecule has 1 rings (SSSR count). The van der Waals surface area contributed by atoms with Gasteiger partial charge >= 0.3 is 5.97 Å². The molecule has 0 aromatic heterocycles. The highest BCUT2D eigenvalue weighted by Crippen LogP contribution is 2.41. The molecule has 0 unspecified atom stereocenters. The lowest BCUT2D eigenvalue weighted by molar-refractivity contribution is -0.144. The van der Waals surface area contributed by atoms with Crippen LogP contribution in [0.3, 0.4) is 0 Å². The van der Waals surface area contributed by atoms with Crippen LogP contribution < -0.4 is 0 Å². The third-order valence-electron chi connectivity index (χ3n) is 2.74. The van der Waals surface area contributed by atoms with Crippen molar-refractivity contribution in [3.8, 4) is 0 Å². The van der Waals surface area contributed by atoms with Gasteiger partial charge in [-0.1, -0.05) is 6.58 Å². The summed E-state index contributed by atoms with van der Waals surface area (Å²) in [6, 6.07) is 0. The van der Waals surface area contributed by atoms with E-state index >= 15 is 0 Å². The van der Waals surface area contributed by atoms with Crippen LogP contribution in [0.15, 0.2) is 12.4 Å². The molecule has 1 saturated heterocycles. The molecular formula is C10H15FO3. The lowest BCUT2D eigenvalue weighted by Gasteiger charge is -2.34. The second-order valence-electron chi connectivity index (χ2n) is 3.55. The summed E-state index contributed by atoms with van der Waals surface area (Å²) in [5, 5.41) is 0. The van der Waals surface area contributed by atoms with Crippen molar-refractivity contribution in [3.63, 3.8) is 0 Å². The molecule has 0 N–H and O–H groups in total. The number of hydrogen-bond donors (Lipinski definition) is 0. The summed E-state index contributed by atoms with van der Waals surface area (Å²) in [5.74, 6) is -0.836. The Hall–Kier alpha value is -0.900. The van der Waals surface area contributed by atoms with E-state index in [-0.39, 0.29) is 6.42 Å². The average molecular weight is 202 g/mol. The summed E-state index contributed by atoms with van der Waals surface area (Å²) in [6.45, 7) is 4.25. The largest absolute Gasteiger partial charge is 0.469 e. The van der Waals surface area contributed by atoms with E-state index in [1.165, 1.54) is 7.11 Å². The standard InChI is InChI=1S/C10H15FO3/c1-8(11)10(7-9(12)13-2)3-5-14-6-4-10/h1,3-7H2,2H3. The lowest BCUT2D eigenvalue weighted by atomic mass is 9.76. The van der Waals surface area contributed by atoms with E-state index in [1.807, 2.05) is 0 Å². The monoisotopic (exact) mass is 202 g/mol. The Kier molecular flexibility index (Phi) is 3.63. The number of carbonyl (C=O) groups excluding carboxylic acids is 1. The summed E-state index contributed by atoms with van der Waals surface area (Å²) in [6.07, 6.45) is 1.05. The van der Waals surface area contributed by atoms with Gasteiger partial charge in [0.25, 0.3) is 0 Å². The normalized spacial score (nSPS) is 20.1. The molecule has 14 heavy (non-hydrogen) atoms. The number of hydrogen-bond acceptors (Lipinski definition) is 3. The Balaban J connectivity index is 2.70. The Morgan fingerprint density at radius 2 is 2.14 bits per heavy atom. The van der Waals surface area contributed by atoms with Gasteiger partial charge in [-0.25, -0.2) is 4.39 Å². The number of methoxy groups -OCH3 is 1. The fourth-order valence-electron chi connectivity index (χ4n) is 1.65. The minimum absolute atomic E-state index is 0.0577. The van der Waals surface area contributed by atoms with Gasteiger partial charge in [0.2, 0.25) is 0 Å². The molecule has 1 aliphatic rings. The average Bonchev–Trinajstić information content (AvgIpc) is 2.19. The molecule has 0 bridgehead atoms. The maximum atomic E-state index is 13.3. The predicted octanol–water partition coefficient (Wildman–Crippen LogP) is 1.83. The van der Waals surface area contributed by atoms with Crippen LogP contribution in [0, 0.1) is 5.41 Å². The minimum Gasteiger partial charge on any atom is -0.469 e. The first-order chi connectivity index (χ1) is 6.60. The summed E-state index contributed by atoms with van der Waals surface area (Å²) < 4.78 is 23.0. The fraction of sp³-hybridized carbons (Fsp3) is 0.700. The maximum absolute atomic E-state index is 13.3. The third-order valence-corrected chi connectivity index (χ3v) is 2.74. The first-order valence-corrected chi connectivity index (χ1v) is 4.60. The summed E-state index contributed by atoms with van der Waals surface area (Å²) in [5.41, 5.74) is -0.759. The predicted molar refractivity (Wildman–Crippen MR) is 49.4 cm³/mol. The molecule has 0 aromatic rings. The molecule has 0 radical (unpaired) electrons. The van der Waals surface area contributed by atoms with Crippen LogP contribution in [0.4, 0.5) is 4.39 Å². The molecule has 1 heterocycles. The zero-order valence-corrected chi connectivity index (χ0v) is 8.35. The highest BCUT2D eigenvalue weighted by molar-refractivity contribution is 5.70. The fourth-order valence-corrected chi connectivity index (χ4v) is 1.65. The van der Waals surface area contributed by atoms with Crippen molar-refractivity contribution in [2.45, 2.75) is 19.3 Å². The van der Waals surface area contributed by atoms with Crippen LogP contribution in [-0.4, -0.2) is 26.3 Å². The Labute approximate surface area is 82.9 Å². The van der Waals surface area contributed by atoms with Crippen molar-refractivity contribution in [1.29, 1.82) is 0 Å². The lowest BCUT2D eigenvalue weighted by Crippen LogP contribution is -2.32. The van der Waals surface area contributed by atoms with Gasteiger partial charge < -0.3 is 9.47 Å². The smallest absolute Gasteiger partial charge is 0.306 e. The van der Waals surface area contributed by atoms with Gasteiger partial charge in [0.15, 0.2) is 0 Å². The number of carbonyl (C=O) groups is 1. The number of allylic oxidation sites excluding steroid dienone is 1. The van der Waals surface area contributed by atoms with Crippen molar-refractivity contribution >= 4 is 5.97 Å². The van der Waals surface area contributed by atoms with Crippen molar-refractivity contribution in [1.82, 2.24) is 0 Å². The summed E-state index contributed by atoms with van der Waals surface area (Å²) in [4.78, 5) is 11.1. The van der Waals surface area contributed by atoms with Crippen LogP contribution in [0.2, 0.25) is 0 Å². The molecule has 0 atom stereocenters. The van der Waals surface area contributed by atoms with Crippen LogP contribution in [0.1, 0.15) is 19.3 Å². The van der Waals surface area contributed by atoms with E-state index in [2.05, 4.69) is 11.3 Å². The van der Waals surface area contributed by atoms with E-state index in [1.54, 1.807) is 0 Å². The number of esters is 1. The third kappa shape index (κ3) is 2.32. The number of ether oxygens (including phenoxy) is 2. The van der Waals surface area contributed by atoms with Gasteiger partial charge in [-0.15, -0.1) is 0 Å². The molecule has 0 spiro atoms. The van der Waals surface area contributed by atoms with Crippen molar-refractivity contribution in [2.24, 2.45) is 5.41 Å². The van der Waals surface area contributed by atoms with Gasteiger partial charge in [-0.05, 0) is 12.8 Å². The molecule has 1 aliphatic heterocycles. The van der Waals surface area contributed by atoms with Crippen LogP contribution >= 0.6 is 0 Å². The zero-order chi connectivity index (χ0) is 10.6. The first-order valence-electron chi connectivity index (χ1n) is 4.60. The summed E-state index contributed by atoms with van der Waals surface area (Å²) in [7, 11) is 1.30. The minimum atomic E-state index is -0.759. The van der Waals surface area contributed by atoms with E-state index in [0.29, 0.717) is 26.1 Å². The van der Waals surface area contributed by atoms with Gasteiger partial charge in [0, 0.05) is 18.6 Å². The quantitative estimate of drug-likeness (QED) is 0.655. The second kappa shape index (κ2) is 4.55. The topological polar surface area (TPSA) is 35.5 Å². The molecule has 1 fully saturated rings. The number of halogens is 1. The maximum Gasteiger partial charge on any atom is 0.306 e. The molecular weight excluding hydrogens is 187 g/mol. The van der Waals surface area contributed by atoms with Gasteiger partial charge in [0.05, 0.1) is 19.4 Å². The van der Waals surface area contributed by atoms with E-state index in [0.717, 1.165) is 0 Å². The van der Waals surface area contributed by atoms with Crippen molar-refractivity contribution in [2.75, 3.05) is 20.3 Å². The molecule has 0 aromatic carbocycles. The highest BCUT2D eigenvalue weighted by Gasteiger charge is 2.38. The molecule has 4 heteroatoms. The number of rotatable bonds is 3. The van der Waals surface area contributed by atoms with Crippen LogP contribution in [-0.2, 0) is 14.3 Å². The van der Waals surface area contributed by atoms with Crippen LogP contribution in [0.25, 0.3) is 0 Å². The van der Waals surface area contributed by atoms with E-state index in [9.17, 15) is 9.18 Å². The molecule has 0 amide bonds. The zero-order valence-electron chi connectivity index (χ0n) is 8.35.